The van der Waals surface area contributed by atoms with Gasteiger partial charge in [-0.15, -0.1) is 0 Å². The molecule has 1 unspecified atom stereocenters. The van der Waals surface area contributed by atoms with E-state index in [1.165, 1.54) is 0 Å². The van der Waals surface area contributed by atoms with Crippen molar-refractivity contribution in [3.63, 3.8) is 0 Å². The van der Waals surface area contributed by atoms with Crippen LogP contribution in [0.15, 0.2) is 12.1 Å². The summed E-state index contributed by atoms with van der Waals surface area (Å²) in [6.07, 6.45) is 2.18. The molecule has 1 N–H and O–H groups in total. The summed E-state index contributed by atoms with van der Waals surface area (Å²) in [5, 5.41) is 2.76. The number of ether oxygens (including phenoxy) is 2. The number of likely N-dealkylation sites (tertiary alicyclic amines) is 1. The van der Waals surface area contributed by atoms with Gasteiger partial charge in [-0.3, -0.25) is 4.79 Å². The van der Waals surface area contributed by atoms with Crippen molar-refractivity contribution in [2.24, 2.45) is 0 Å². The Balaban J connectivity index is 2.08. The molecule has 0 aromatic carbocycles. The van der Waals surface area contributed by atoms with E-state index in [0.717, 1.165) is 19.3 Å². The minimum atomic E-state index is -0.575. The van der Waals surface area contributed by atoms with Gasteiger partial charge in [-0.1, -0.05) is 0 Å². The standard InChI is InChI=1S/C21H31N3O5/c1-6-28-19(26)16-10-11-17(23-14(16)2)18(25)24-12-8-7-9-15(24)13-22-20(27)29-21(3,4)5/h10-11,15H,6-9,12-13H2,1-5H3,(H,22,27). The molecule has 0 spiro atoms. The Hall–Kier alpha value is -2.64. The summed E-state index contributed by atoms with van der Waals surface area (Å²) in [4.78, 5) is 43.0. The smallest absolute Gasteiger partial charge is 0.407 e. The highest BCUT2D eigenvalue weighted by Crippen LogP contribution is 2.20. The Morgan fingerprint density at radius 1 is 1.24 bits per heavy atom. The van der Waals surface area contributed by atoms with Crippen molar-refractivity contribution in [3.8, 4) is 0 Å². The molecule has 2 heterocycles. The molecule has 0 bridgehead atoms. The largest absolute Gasteiger partial charge is 0.462 e. The highest BCUT2D eigenvalue weighted by molar-refractivity contribution is 5.95. The van der Waals surface area contributed by atoms with Gasteiger partial charge in [0.05, 0.1) is 17.9 Å². The lowest BCUT2D eigenvalue weighted by Gasteiger charge is -2.35. The zero-order valence-electron chi connectivity index (χ0n) is 17.9. The third kappa shape index (κ3) is 6.44. The summed E-state index contributed by atoms with van der Waals surface area (Å²) in [7, 11) is 0. The number of hydrogen-bond acceptors (Lipinski definition) is 6. The number of carbonyl (C=O) groups is 3. The lowest BCUT2D eigenvalue weighted by atomic mass is 10.0. The van der Waals surface area contributed by atoms with Crippen molar-refractivity contribution in [3.05, 3.63) is 29.1 Å². The van der Waals surface area contributed by atoms with Crippen molar-refractivity contribution in [1.29, 1.82) is 0 Å². The maximum Gasteiger partial charge on any atom is 0.407 e. The predicted molar refractivity (Wildman–Crippen MR) is 108 cm³/mol. The zero-order valence-corrected chi connectivity index (χ0v) is 17.9. The van der Waals surface area contributed by atoms with E-state index in [1.807, 2.05) is 0 Å². The summed E-state index contributed by atoms with van der Waals surface area (Å²) in [5.41, 5.74) is 0.508. The Labute approximate surface area is 172 Å². The summed E-state index contributed by atoms with van der Waals surface area (Å²) in [6.45, 7) is 10.0. The molecule has 0 aliphatic carbocycles. The maximum atomic E-state index is 13.0. The van der Waals surface area contributed by atoms with E-state index in [2.05, 4.69) is 10.3 Å². The molecule has 2 amide bonds. The van der Waals surface area contributed by atoms with E-state index in [4.69, 9.17) is 9.47 Å². The maximum absolute atomic E-state index is 13.0. The van der Waals surface area contributed by atoms with Crippen LogP contribution in [0.3, 0.4) is 0 Å². The Morgan fingerprint density at radius 3 is 2.59 bits per heavy atom. The zero-order chi connectivity index (χ0) is 21.6. The molecule has 1 aromatic rings. The number of hydrogen-bond donors (Lipinski definition) is 1. The average molecular weight is 405 g/mol. The first-order valence-electron chi connectivity index (χ1n) is 10.0. The number of aromatic nitrogens is 1. The molecule has 0 saturated carbocycles. The molecule has 1 aromatic heterocycles. The molecule has 1 atom stereocenters. The van der Waals surface area contributed by atoms with Crippen LogP contribution in [0.5, 0.6) is 0 Å². The molecule has 2 rings (SSSR count). The van der Waals surface area contributed by atoms with E-state index in [9.17, 15) is 14.4 Å². The minimum absolute atomic E-state index is 0.129. The van der Waals surface area contributed by atoms with Gasteiger partial charge in [0.2, 0.25) is 0 Å². The van der Waals surface area contributed by atoms with Crippen LogP contribution in [-0.4, -0.2) is 59.2 Å². The summed E-state index contributed by atoms with van der Waals surface area (Å²) in [6, 6.07) is 3.00. The lowest BCUT2D eigenvalue weighted by Crippen LogP contribution is -2.50. The molecular formula is C21H31N3O5. The van der Waals surface area contributed by atoms with Gasteiger partial charge in [-0.25, -0.2) is 14.6 Å². The van der Waals surface area contributed by atoms with Crippen molar-refractivity contribution in [1.82, 2.24) is 15.2 Å². The lowest BCUT2D eigenvalue weighted by molar-refractivity contribution is 0.0461. The van der Waals surface area contributed by atoms with Gasteiger partial charge >= 0.3 is 12.1 Å². The highest BCUT2D eigenvalue weighted by atomic mass is 16.6. The molecule has 29 heavy (non-hydrogen) atoms. The van der Waals surface area contributed by atoms with Gasteiger partial charge < -0.3 is 19.7 Å². The highest BCUT2D eigenvalue weighted by Gasteiger charge is 2.29. The number of carbonyl (C=O) groups excluding carboxylic acids is 3. The summed E-state index contributed by atoms with van der Waals surface area (Å²) in [5.74, 6) is -0.659. The first kappa shape index (κ1) is 22.6. The number of rotatable bonds is 5. The van der Waals surface area contributed by atoms with Crippen molar-refractivity contribution in [2.75, 3.05) is 19.7 Å². The fourth-order valence-corrected chi connectivity index (χ4v) is 3.25. The fraction of sp³-hybridized carbons (Fsp3) is 0.619. The fourth-order valence-electron chi connectivity index (χ4n) is 3.25. The predicted octanol–water partition coefficient (Wildman–Crippen LogP) is 3.09. The topological polar surface area (TPSA) is 97.8 Å². The Bertz CT molecular complexity index is 757. The van der Waals surface area contributed by atoms with Crippen LogP contribution in [0.25, 0.3) is 0 Å². The molecule has 1 saturated heterocycles. The van der Waals surface area contributed by atoms with Gasteiger partial charge in [-0.05, 0) is 66.0 Å². The molecular weight excluding hydrogens is 374 g/mol. The molecule has 160 valence electrons. The third-order valence-electron chi connectivity index (χ3n) is 4.57. The number of nitrogens with one attached hydrogen (secondary N) is 1. The van der Waals surface area contributed by atoms with E-state index >= 15 is 0 Å². The van der Waals surface area contributed by atoms with Crippen LogP contribution in [0.1, 0.15) is 73.5 Å². The number of esters is 1. The summed E-state index contributed by atoms with van der Waals surface area (Å²) < 4.78 is 10.3. The summed E-state index contributed by atoms with van der Waals surface area (Å²) >= 11 is 0. The van der Waals surface area contributed by atoms with Gasteiger partial charge in [0.15, 0.2) is 0 Å². The molecule has 0 radical (unpaired) electrons. The third-order valence-corrected chi connectivity index (χ3v) is 4.57. The second kappa shape index (κ2) is 9.71. The number of alkyl carbamates (subject to hydrolysis) is 1. The van der Waals surface area contributed by atoms with Crippen molar-refractivity contribution < 1.29 is 23.9 Å². The average Bonchev–Trinajstić information content (AvgIpc) is 2.64. The quantitative estimate of drug-likeness (QED) is 0.756. The molecule has 1 aliphatic rings. The SMILES string of the molecule is CCOC(=O)c1ccc(C(=O)N2CCCCC2CNC(=O)OC(C)(C)C)nc1C. The van der Waals surface area contributed by atoms with E-state index < -0.39 is 17.7 Å². The van der Waals surface area contributed by atoms with Crippen LogP contribution >= 0.6 is 0 Å². The normalized spacial score (nSPS) is 16.9. The van der Waals surface area contributed by atoms with Gasteiger partial charge in [0, 0.05) is 19.1 Å². The van der Waals surface area contributed by atoms with Gasteiger partial charge in [-0.2, -0.15) is 0 Å². The van der Waals surface area contributed by atoms with Crippen LogP contribution in [0.2, 0.25) is 0 Å². The van der Waals surface area contributed by atoms with E-state index in [0.29, 0.717) is 24.3 Å². The van der Waals surface area contributed by atoms with E-state index in [-0.39, 0.29) is 24.2 Å². The second-order valence-electron chi connectivity index (χ2n) is 8.08. The van der Waals surface area contributed by atoms with Crippen molar-refractivity contribution >= 4 is 18.0 Å². The molecule has 1 aliphatic heterocycles. The molecule has 8 nitrogen and oxygen atoms in total. The number of nitrogens with zero attached hydrogens (tertiary/aromatic N) is 2. The molecule has 1 fully saturated rings. The first-order chi connectivity index (χ1) is 13.6. The van der Waals surface area contributed by atoms with Crippen LogP contribution in [-0.2, 0) is 9.47 Å². The van der Waals surface area contributed by atoms with Crippen LogP contribution < -0.4 is 5.32 Å². The van der Waals surface area contributed by atoms with Gasteiger partial charge in [0.25, 0.3) is 5.91 Å². The Morgan fingerprint density at radius 2 is 1.97 bits per heavy atom. The van der Waals surface area contributed by atoms with Crippen molar-refractivity contribution in [2.45, 2.75) is 65.5 Å². The second-order valence-corrected chi connectivity index (χ2v) is 8.08. The number of aryl methyl sites for hydroxylation is 1. The number of amides is 2. The van der Waals surface area contributed by atoms with Gasteiger partial charge in [0.1, 0.15) is 11.3 Å². The first-order valence-corrected chi connectivity index (χ1v) is 10.0. The number of piperidine rings is 1. The number of pyridine rings is 1. The Kier molecular flexibility index (Phi) is 7.59. The van der Waals surface area contributed by atoms with E-state index in [1.54, 1.807) is 51.7 Å². The minimum Gasteiger partial charge on any atom is -0.462 e. The monoisotopic (exact) mass is 405 g/mol. The van der Waals surface area contributed by atoms with Crippen LogP contribution in [0.4, 0.5) is 4.79 Å². The molecule has 8 heteroatoms. The van der Waals surface area contributed by atoms with Crippen LogP contribution in [0, 0.1) is 6.92 Å².